The standard InChI is InChI=1S/C18H19FN4OS/c1-12-9-17-21-10-15(13(2)23(17)22-12)18(24)20-7-8-25-11-14-5-3-4-6-16(14)19/h3-6,9-10H,7-8,11H2,1-2H3,(H,20,24). The van der Waals surface area contributed by atoms with Crippen LogP contribution in [0.15, 0.2) is 36.5 Å². The normalized spacial score (nSPS) is 11.0. The number of rotatable bonds is 6. The van der Waals surface area contributed by atoms with Crippen LogP contribution in [0.4, 0.5) is 4.39 Å². The lowest BCUT2D eigenvalue weighted by Crippen LogP contribution is -2.27. The number of amides is 1. The number of benzene rings is 1. The van der Waals surface area contributed by atoms with Gasteiger partial charge in [-0.2, -0.15) is 16.9 Å². The van der Waals surface area contributed by atoms with E-state index in [9.17, 15) is 9.18 Å². The van der Waals surface area contributed by atoms with Gasteiger partial charge >= 0.3 is 0 Å². The van der Waals surface area contributed by atoms with Crippen molar-refractivity contribution < 1.29 is 9.18 Å². The van der Waals surface area contributed by atoms with Crippen LogP contribution in [0.2, 0.25) is 0 Å². The van der Waals surface area contributed by atoms with Gasteiger partial charge in [0.1, 0.15) is 5.82 Å². The summed E-state index contributed by atoms with van der Waals surface area (Å²) in [5.74, 6) is 0.923. The van der Waals surface area contributed by atoms with Crippen molar-refractivity contribution in [2.24, 2.45) is 0 Å². The van der Waals surface area contributed by atoms with Crippen LogP contribution in [-0.4, -0.2) is 32.8 Å². The molecule has 0 radical (unpaired) electrons. The zero-order valence-electron chi connectivity index (χ0n) is 14.1. The molecule has 0 unspecified atom stereocenters. The number of carbonyl (C=O) groups is 1. The summed E-state index contributed by atoms with van der Waals surface area (Å²) in [6.45, 7) is 4.25. The topological polar surface area (TPSA) is 59.3 Å². The molecule has 0 saturated heterocycles. The number of halogens is 1. The van der Waals surface area contributed by atoms with E-state index < -0.39 is 0 Å². The highest BCUT2D eigenvalue weighted by molar-refractivity contribution is 7.98. The Labute approximate surface area is 149 Å². The molecule has 1 N–H and O–H groups in total. The average Bonchev–Trinajstić information content (AvgIpc) is 2.98. The van der Waals surface area contributed by atoms with E-state index in [1.807, 2.05) is 26.0 Å². The predicted octanol–water partition coefficient (Wildman–Crippen LogP) is 3.15. The Morgan fingerprint density at radius 3 is 2.92 bits per heavy atom. The fourth-order valence-electron chi connectivity index (χ4n) is 2.52. The quantitative estimate of drug-likeness (QED) is 0.688. The first-order valence-corrected chi connectivity index (χ1v) is 9.13. The third kappa shape index (κ3) is 3.99. The van der Waals surface area contributed by atoms with Crippen molar-refractivity contribution in [3.63, 3.8) is 0 Å². The highest BCUT2D eigenvalue weighted by atomic mass is 32.2. The Morgan fingerprint density at radius 1 is 1.32 bits per heavy atom. The minimum Gasteiger partial charge on any atom is -0.351 e. The molecule has 0 fully saturated rings. The predicted molar refractivity (Wildman–Crippen MR) is 97.4 cm³/mol. The third-order valence-electron chi connectivity index (χ3n) is 3.84. The summed E-state index contributed by atoms with van der Waals surface area (Å²) < 4.78 is 15.2. The van der Waals surface area contributed by atoms with E-state index in [1.54, 1.807) is 34.6 Å². The Bertz CT molecular complexity index is 909. The van der Waals surface area contributed by atoms with Crippen molar-refractivity contribution in [3.05, 3.63) is 64.9 Å². The number of carbonyl (C=O) groups excluding carboxylic acids is 1. The molecular formula is C18H19FN4OS. The van der Waals surface area contributed by atoms with Crippen molar-refractivity contribution in [1.82, 2.24) is 19.9 Å². The van der Waals surface area contributed by atoms with Crippen molar-refractivity contribution in [1.29, 1.82) is 0 Å². The lowest BCUT2D eigenvalue weighted by molar-refractivity contribution is 0.0954. The summed E-state index contributed by atoms with van der Waals surface area (Å²) in [7, 11) is 0. The number of thioether (sulfide) groups is 1. The van der Waals surface area contributed by atoms with E-state index in [4.69, 9.17) is 0 Å². The van der Waals surface area contributed by atoms with Gasteiger partial charge in [0.15, 0.2) is 5.65 Å². The molecule has 3 aromatic rings. The second-order valence-electron chi connectivity index (χ2n) is 5.71. The number of hydrogen-bond acceptors (Lipinski definition) is 4. The molecule has 3 rings (SSSR count). The smallest absolute Gasteiger partial charge is 0.254 e. The van der Waals surface area contributed by atoms with Crippen LogP contribution in [0.25, 0.3) is 5.65 Å². The van der Waals surface area contributed by atoms with Crippen LogP contribution in [0, 0.1) is 19.7 Å². The van der Waals surface area contributed by atoms with Gasteiger partial charge in [0.2, 0.25) is 0 Å². The second-order valence-corrected chi connectivity index (χ2v) is 6.82. The minimum absolute atomic E-state index is 0.174. The molecule has 0 aliphatic rings. The first kappa shape index (κ1) is 17.4. The van der Waals surface area contributed by atoms with E-state index in [1.165, 1.54) is 6.07 Å². The molecule has 1 amide bonds. The maximum atomic E-state index is 13.5. The number of nitrogens with one attached hydrogen (secondary N) is 1. The van der Waals surface area contributed by atoms with Crippen molar-refractivity contribution in [2.75, 3.05) is 12.3 Å². The Kier molecular flexibility index (Phi) is 5.33. The van der Waals surface area contributed by atoms with E-state index >= 15 is 0 Å². The Hall–Kier alpha value is -2.41. The summed E-state index contributed by atoms with van der Waals surface area (Å²) in [6, 6.07) is 8.60. The maximum absolute atomic E-state index is 13.5. The molecule has 2 heterocycles. The van der Waals surface area contributed by atoms with Crippen LogP contribution in [-0.2, 0) is 5.75 Å². The largest absolute Gasteiger partial charge is 0.351 e. The summed E-state index contributed by atoms with van der Waals surface area (Å²) in [5.41, 5.74) is 3.53. The molecule has 2 aromatic heterocycles. The van der Waals surface area contributed by atoms with Crippen LogP contribution in [0.3, 0.4) is 0 Å². The minimum atomic E-state index is -0.191. The molecule has 0 saturated carbocycles. The molecule has 5 nitrogen and oxygen atoms in total. The lowest BCUT2D eigenvalue weighted by atomic mass is 10.2. The lowest BCUT2D eigenvalue weighted by Gasteiger charge is -2.08. The van der Waals surface area contributed by atoms with Crippen LogP contribution in [0.5, 0.6) is 0 Å². The Morgan fingerprint density at radius 2 is 2.12 bits per heavy atom. The van der Waals surface area contributed by atoms with E-state index in [2.05, 4.69) is 15.4 Å². The molecule has 1 aromatic carbocycles. The highest BCUT2D eigenvalue weighted by Crippen LogP contribution is 2.15. The van der Waals surface area contributed by atoms with Crippen LogP contribution >= 0.6 is 11.8 Å². The van der Waals surface area contributed by atoms with Crippen molar-refractivity contribution in [2.45, 2.75) is 19.6 Å². The van der Waals surface area contributed by atoms with Gasteiger partial charge in [0.05, 0.1) is 17.0 Å². The SMILES string of the molecule is Cc1cc2ncc(C(=O)NCCSCc3ccccc3F)c(C)n2n1. The van der Waals surface area contributed by atoms with Crippen LogP contribution < -0.4 is 5.32 Å². The first-order chi connectivity index (χ1) is 12.1. The third-order valence-corrected chi connectivity index (χ3v) is 4.85. The van der Waals surface area contributed by atoms with Gasteiger partial charge < -0.3 is 5.32 Å². The number of aryl methyl sites for hydroxylation is 2. The molecule has 0 aliphatic heterocycles. The fourth-order valence-corrected chi connectivity index (χ4v) is 3.36. The number of hydrogen-bond donors (Lipinski definition) is 1. The molecular weight excluding hydrogens is 339 g/mol. The molecule has 0 atom stereocenters. The van der Waals surface area contributed by atoms with E-state index in [0.29, 0.717) is 29.2 Å². The maximum Gasteiger partial charge on any atom is 0.254 e. The molecule has 0 bridgehead atoms. The highest BCUT2D eigenvalue weighted by Gasteiger charge is 2.13. The molecule has 130 valence electrons. The van der Waals surface area contributed by atoms with E-state index in [-0.39, 0.29) is 11.7 Å². The molecule has 0 spiro atoms. The summed E-state index contributed by atoms with van der Waals surface area (Å²) in [4.78, 5) is 16.6. The van der Waals surface area contributed by atoms with Crippen LogP contribution in [0.1, 0.15) is 27.3 Å². The van der Waals surface area contributed by atoms with Gasteiger partial charge in [-0.25, -0.2) is 13.9 Å². The van der Waals surface area contributed by atoms with Gasteiger partial charge in [-0.05, 0) is 25.5 Å². The second kappa shape index (κ2) is 7.65. The number of fused-ring (bicyclic) bond motifs is 1. The monoisotopic (exact) mass is 358 g/mol. The summed E-state index contributed by atoms with van der Waals surface area (Å²) in [6.07, 6.45) is 1.58. The average molecular weight is 358 g/mol. The van der Waals surface area contributed by atoms with Crippen molar-refractivity contribution >= 4 is 23.3 Å². The Balaban J connectivity index is 1.53. The number of nitrogens with zero attached hydrogens (tertiary/aromatic N) is 3. The number of aromatic nitrogens is 3. The van der Waals surface area contributed by atoms with Gasteiger partial charge in [-0.1, -0.05) is 18.2 Å². The van der Waals surface area contributed by atoms with E-state index in [0.717, 1.165) is 17.0 Å². The zero-order valence-corrected chi connectivity index (χ0v) is 14.9. The summed E-state index contributed by atoms with van der Waals surface area (Å²) in [5, 5.41) is 7.22. The molecule has 7 heteroatoms. The zero-order chi connectivity index (χ0) is 17.8. The van der Waals surface area contributed by atoms with Gasteiger partial charge in [-0.15, -0.1) is 0 Å². The van der Waals surface area contributed by atoms with Gasteiger partial charge in [-0.3, -0.25) is 4.79 Å². The van der Waals surface area contributed by atoms with Gasteiger partial charge in [0, 0.05) is 30.3 Å². The molecule has 0 aliphatic carbocycles. The van der Waals surface area contributed by atoms with Crippen molar-refractivity contribution in [3.8, 4) is 0 Å². The summed E-state index contributed by atoms with van der Waals surface area (Å²) >= 11 is 1.58. The fraction of sp³-hybridized carbons (Fsp3) is 0.278. The van der Waals surface area contributed by atoms with Gasteiger partial charge in [0.25, 0.3) is 5.91 Å². The molecule has 25 heavy (non-hydrogen) atoms. The first-order valence-electron chi connectivity index (χ1n) is 7.97.